The maximum absolute atomic E-state index is 4.96. The van der Waals surface area contributed by atoms with Crippen molar-refractivity contribution in [1.82, 2.24) is 25.2 Å². The summed E-state index contributed by atoms with van der Waals surface area (Å²) in [5.41, 5.74) is 0. The van der Waals surface area contributed by atoms with E-state index >= 15 is 0 Å². The molecule has 42 heavy (non-hydrogen) atoms. The summed E-state index contributed by atoms with van der Waals surface area (Å²) in [7, 11) is 0. The predicted molar refractivity (Wildman–Crippen MR) is 176 cm³/mol. The van der Waals surface area contributed by atoms with Crippen LogP contribution in [0.2, 0.25) is 0 Å². The number of aromatic nitrogens is 3. The van der Waals surface area contributed by atoms with E-state index in [-0.39, 0.29) is 0 Å². The molecule has 0 radical (unpaired) electrons. The van der Waals surface area contributed by atoms with Gasteiger partial charge in [0, 0.05) is 77.7 Å². The van der Waals surface area contributed by atoms with Crippen LogP contribution >= 0.6 is 0 Å². The number of nitrogens with zero attached hydrogens (tertiary/aromatic N) is 6. The van der Waals surface area contributed by atoms with Crippen molar-refractivity contribution in [3.05, 3.63) is 30.5 Å². The lowest BCUT2D eigenvalue weighted by atomic mass is 9.95. The highest BCUT2D eigenvalue weighted by atomic mass is 15.2. The molecule has 9 nitrogen and oxygen atoms in total. The minimum atomic E-state index is 0.693. The average Bonchev–Trinajstić information content (AvgIpc) is 3.48. The molecule has 4 heterocycles. The highest BCUT2D eigenvalue weighted by molar-refractivity contribution is 5.47. The second-order valence-electron chi connectivity index (χ2n) is 12.4. The number of anilines is 4. The molecule has 1 saturated carbocycles. The van der Waals surface area contributed by atoms with Crippen LogP contribution < -0.4 is 25.8 Å². The van der Waals surface area contributed by atoms with Crippen molar-refractivity contribution in [2.24, 2.45) is 0 Å². The Balaban J connectivity index is 1.11. The molecule has 0 atom stereocenters. The monoisotopic (exact) mass is 577 g/mol. The van der Waals surface area contributed by atoms with Crippen LogP contribution in [0.3, 0.4) is 0 Å². The van der Waals surface area contributed by atoms with Crippen LogP contribution in [-0.2, 0) is 0 Å². The molecule has 5 rings (SSSR count). The maximum Gasteiger partial charge on any atom is 0.224 e. The summed E-state index contributed by atoms with van der Waals surface area (Å²) < 4.78 is 0. The van der Waals surface area contributed by atoms with E-state index in [0.717, 1.165) is 88.8 Å². The lowest BCUT2D eigenvalue weighted by Crippen LogP contribution is -2.41. The summed E-state index contributed by atoms with van der Waals surface area (Å²) in [5, 5.41) is 11.0. The second-order valence-corrected chi connectivity index (χ2v) is 12.4. The van der Waals surface area contributed by atoms with Gasteiger partial charge in [0.2, 0.25) is 5.95 Å². The highest BCUT2D eigenvalue weighted by Crippen LogP contribution is 2.20. The average molecular weight is 578 g/mol. The zero-order chi connectivity index (χ0) is 28.7. The summed E-state index contributed by atoms with van der Waals surface area (Å²) in [4.78, 5) is 21.8. The first-order valence-corrected chi connectivity index (χ1v) is 17.1. The standard InChI is InChI=1S/C33H55N9/c1-2-9-23-41(22-8-1)31-16-12-15-30(38-31)35-20-27-40(26-19-34-29-13-6-5-7-14-29)28-21-37-33-36-18-17-32(39-33)42-24-10-3-4-11-25-42/h12,15-18,29,34H,1-11,13-14,19-28H2,(H,35,38)(H,36,37,39). The van der Waals surface area contributed by atoms with Crippen LogP contribution in [0.25, 0.3) is 0 Å². The number of nitrogens with one attached hydrogen (secondary N) is 3. The van der Waals surface area contributed by atoms with Gasteiger partial charge < -0.3 is 25.8 Å². The summed E-state index contributed by atoms with van der Waals surface area (Å²) in [6.07, 6.45) is 19.1. The van der Waals surface area contributed by atoms with Gasteiger partial charge in [-0.15, -0.1) is 0 Å². The molecule has 0 amide bonds. The van der Waals surface area contributed by atoms with Crippen LogP contribution in [0.5, 0.6) is 0 Å². The van der Waals surface area contributed by atoms with Gasteiger partial charge in [-0.3, -0.25) is 4.90 Å². The van der Waals surface area contributed by atoms with Gasteiger partial charge in [-0.2, -0.15) is 4.98 Å². The van der Waals surface area contributed by atoms with Crippen LogP contribution in [0.15, 0.2) is 30.5 Å². The van der Waals surface area contributed by atoms with Crippen LogP contribution in [0.4, 0.5) is 23.4 Å². The number of hydrogen-bond acceptors (Lipinski definition) is 9. The van der Waals surface area contributed by atoms with Gasteiger partial charge in [0.05, 0.1) is 0 Å². The van der Waals surface area contributed by atoms with E-state index in [2.05, 4.69) is 59.9 Å². The fourth-order valence-electron chi connectivity index (χ4n) is 6.64. The van der Waals surface area contributed by atoms with Crippen LogP contribution in [0.1, 0.15) is 83.5 Å². The Labute approximate surface area is 254 Å². The van der Waals surface area contributed by atoms with E-state index in [4.69, 9.17) is 9.97 Å². The van der Waals surface area contributed by atoms with Crippen molar-refractivity contribution in [3.63, 3.8) is 0 Å². The molecule has 0 spiro atoms. The van der Waals surface area contributed by atoms with Crippen molar-refractivity contribution in [2.75, 3.05) is 85.9 Å². The minimum absolute atomic E-state index is 0.693. The Morgan fingerprint density at radius 1 is 0.643 bits per heavy atom. The molecule has 3 fully saturated rings. The highest BCUT2D eigenvalue weighted by Gasteiger charge is 2.15. The van der Waals surface area contributed by atoms with Crippen molar-refractivity contribution in [3.8, 4) is 0 Å². The lowest BCUT2D eigenvalue weighted by molar-refractivity contribution is 0.278. The van der Waals surface area contributed by atoms with Crippen molar-refractivity contribution >= 4 is 23.4 Å². The third-order valence-corrected chi connectivity index (χ3v) is 9.15. The Hall–Kier alpha value is -2.65. The molecule has 0 bridgehead atoms. The molecule has 2 saturated heterocycles. The summed E-state index contributed by atoms with van der Waals surface area (Å²) in [5.74, 6) is 3.89. The SMILES string of the molecule is c1cc(NCCN(CCNc2nccc(N3CCCCCC3)n2)CCNC2CCCCC2)nc(N2CCCCCC2)c1. The minimum Gasteiger partial charge on any atom is -0.369 e. The number of hydrogen-bond donors (Lipinski definition) is 3. The van der Waals surface area contributed by atoms with E-state index in [1.807, 2.05) is 6.20 Å². The third kappa shape index (κ3) is 10.3. The Bertz CT molecular complexity index is 943. The Morgan fingerprint density at radius 3 is 1.93 bits per heavy atom. The van der Waals surface area contributed by atoms with Crippen molar-refractivity contribution in [1.29, 1.82) is 0 Å². The molecule has 2 aliphatic heterocycles. The van der Waals surface area contributed by atoms with Gasteiger partial charge in [-0.1, -0.05) is 51.0 Å². The van der Waals surface area contributed by atoms with Gasteiger partial charge >= 0.3 is 0 Å². The molecule has 232 valence electrons. The van der Waals surface area contributed by atoms with Crippen molar-refractivity contribution in [2.45, 2.75) is 89.5 Å². The third-order valence-electron chi connectivity index (χ3n) is 9.15. The topological polar surface area (TPSA) is 84.5 Å². The van der Waals surface area contributed by atoms with E-state index < -0.39 is 0 Å². The quantitative estimate of drug-likeness (QED) is 0.274. The van der Waals surface area contributed by atoms with Crippen LogP contribution in [0, 0.1) is 0 Å². The largest absolute Gasteiger partial charge is 0.369 e. The molecular weight excluding hydrogens is 522 g/mol. The smallest absolute Gasteiger partial charge is 0.224 e. The predicted octanol–water partition coefficient (Wildman–Crippen LogP) is 5.38. The van der Waals surface area contributed by atoms with E-state index in [9.17, 15) is 0 Å². The van der Waals surface area contributed by atoms with Gasteiger partial charge in [0.1, 0.15) is 17.5 Å². The fourth-order valence-corrected chi connectivity index (χ4v) is 6.64. The number of rotatable bonds is 14. The maximum atomic E-state index is 4.96. The first-order valence-electron chi connectivity index (χ1n) is 17.1. The molecule has 0 unspecified atom stereocenters. The van der Waals surface area contributed by atoms with Gasteiger partial charge in [-0.25, -0.2) is 9.97 Å². The fraction of sp³-hybridized carbons (Fsp3) is 0.727. The molecule has 2 aromatic rings. The summed E-state index contributed by atoms with van der Waals surface area (Å²) in [6, 6.07) is 9.16. The zero-order valence-electron chi connectivity index (χ0n) is 25.9. The zero-order valence-corrected chi connectivity index (χ0v) is 25.9. The first-order chi connectivity index (χ1) is 20.8. The first kappa shape index (κ1) is 30.8. The molecular formula is C33H55N9. The molecule has 1 aliphatic carbocycles. The van der Waals surface area contributed by atoms with Gasteiger partial charge in [0.25, 0.3) is 0 Å². The normalized spacial score (nSPS) is 19.0. The van der Waals surface area contributed by atoms with E-state index in [1.165, 1.54) is 83.5 Å². The van der Waals surface area contributed by atoms with Gasteiger partial charge in [-0.05, 0) is 56.7 Å². The summed E-state index contributed by atoms with van der Waals surface area (Å²) in [6.45, 7) is 10.1. The molecule has 9 heteroatoms. The molecule has 3 N–H and O–H groups in total. The van der Waals surface area contributed by atoms with E-state index in [1.54, 1.807) is 0 Å². The Kier molecular flexibility index (Phi) is 12.8. The van der Waals surface area contributed by atoms with E-state index in [0.29, 0.717) is 6.04 Å². The number of pyridine rings is 1. The lowest BCUT2D eigenvalue weighted by Gasteiger charge is -2.27. The van der Waals surface area contributed by atoms with Gasteiger partial charge in [0.15, 0.2) is 0 Å². The van der Waals surface area contributed by atoms with Crippen LogP contribution in [-0.4, -0.2) is 91.3 Å². The molecule has 3 aliphatic rings. The molecule has 0 aromatic carbocycles. The second kappa shape index (κ2) is 17.5. The summed E-state index contributed by atoms with van der Waals surface area (Å²) >= 11 is 0. The molecule has 2 aromatic heterocycles. The Morgan fingerprint density at radius 2 is 1.24 bits per heavy atom. The van der Waals surface area contributed by atoms with Crippen molar-refractivity contribution < 1.29 is 0 Å².